The number of benzene rings is 1. The monoisotopic (exact) mass is 319 g/mol. The maximum absolute atomic E-state index is 5.87. The summed E-state index contributed by atoms with van der Waals surface area (Å²) in [5.41, 5.74) is 9.51. The second kappa shape index (κ2) is 6.17. The molecule has 0 heterocycles. The lowest BCUT2D eigenvalue weighted by molar-refractivity contribution is -0.0806. The Labute approximate surface area is 141 Å². The molecule has 1 aromatic carbocycles. The maximum atomic E-state index is 5.87. The fourth-order valence-electron chi connectivity index (χ4n) is 6.51. The minimum Gasteiger partial charge on any atom is -0.330 e. The van der Waals surface area contributed by atoms with Crippen LogP contribution in [0.5, 0.6) is 0 Å². The summed E-state index contributed by atoms with van der Waals surface area (Å²) >= 11 is 0. The zero-order valence-electron chi connectivity index (χ0n) is 13.8. The number of nitrogens with two attached hydrogens (primary N) is 1. The molecule has 22 heavy (non-hydrogen) atoms. The molecule has 3 unspecified atom stereocenters. The SMILES string of the molecule is Cc1cccc(C2C3CC4CC(C3)CC2(CCCN)C4)c1.Cl. The highest BCUT2D eigenvalue weighted by Crippen LogP contribution is 2.67. The van der Waals surface area contributed by atoms with Crippen LogP contribution in [0.25, 0.3) is 0 Å². The number of rotatable bonds is 4. The molecule has 1 nitrogen and oxygen atoms in total. The lowest BCUT2D eigenvalue weighted by atomic mass is 9.43. The summed E-state index contributed by atoms with van der Waals surface area (Å²) in [7, 11) is 0. The Hall–Kier alpha value is -0.530. The Morgan fingerprint density at radius 3 is 2.50 bits per heavy atom. The highest BCUT2D eigenvalue weighted by molar-refractivity contribution is 5.85. The van der Waals surface area contributed by atoms with Gasteiger partial charge >= 0.3 is 0 Å². The van der Waals surface area contributed by atoms with Gasteiger partial charge in [0.15, 0.2) is 0 Å². The summed E-state index contributed by atoms with van der Waals surface area (Å²) in [6.07, 6.45) is 10.1. The average Bonchev–Trinajstić information content (AvgIpc) is 2.44. The second-order valence-electron chi connectivity index (χ2n) is 8.25. The van der Waals surface area contributed by atoms with Crippen molar-refractivity contribution in [1.82, 2.24) is 0 Å². The topological polar surface area (TPSA) is 26.0 Å². The Kier molecular flexibility index (Phi) is 4.58. The summed E-state index contributed by atoms with van der Waals surface area (Å²) < 4.78 is 0. The van der Waals surface area contributed by atoms with Crippen molar-refractivity contribution < 1.29 is 0 Å². The molecular weight excluding hydrogens is 290 g/mol. The highest BCUT2D eigenvalue weighted by atomic mass is 35.5. The van der Waals surface area contributed by atoms with E-state index in [9.17, 15) is 0 Å². The van der Waals surface area contributed by atoms with E-state index in [0.717, 1.165) is 30.2 Å². The van der Waals surface area contributed by atoms with Crippen LogP contribution in [0.1, 0.15) is 62.0 Å². The van der Waals surface area contributed by atoms with Crippen LogP contribution >= 0.6 is 12.4 Å². The van der Waals surface area contributed by atoms with Crippen LogP contribution in [-0.4, -0.2) is 6.54 Å². The molecule has 122 valence electrons. The molecule has 2 N–H and O–H groups in total. The fraction of sp³-hybridized carbons (Fsp3) is 0.700. The quantitative estimate of drug-likeness (QED) is 0.824. The lowest BCUT2D eigenvalue weighted by Gasteiger charge is -2.62. The minimum absolute atomic E-state index is 0. The first kappa shape index (κ1) is 16.3. The molecule has 4 aliphatic rings. The molecular formula is C20H30ClN. The van der Waals surface area contributed by atoms with E-state index in [-0.39, 0.29) is 12.4 Å². The van der Waals surface area contributed by atoms with E-state index in [1.54, 1.807) is 5.56 Å². The van der Waals surface area contributed by atoms with Crippen LogP contribution in [0.2, 0.25) is 0 Å². The van der Waals surface area contributed by atoms with Gasteiger partial charge in [-0.1, -0.05) is 29.8 Å². The van der Waals surface area contributed by atoms with E-state index in [4.69, 9.17) is 5.73 Å². The molecule has 0 spiro atoms. The molecule has 0 radical (unpaired) electrons. The summed E-state index contributed by atoms with van der Waals surface area (Å²) in [5, 5.41) is 0. The van der Waals surface area contributed by atoms with Crippen LogP contribution in [0, 0.1) is 30.1 Å². The van der Waals surface area contributed by atoms with Crippen molar-refractivity contribution in [2.75, 3.05) is 6.54 Å². The van der Waals surface area contributed by atoms with Gasteiger partial charge in [0.05, 0.1) is 0 Å². The Bertz CT molecular complexity index is 512. The van der Waals surface area contributed by atoms with Gasteiger partial charge in [0.2, 0.25) is 0 Å². The highest BCUT2D eigenvalue weighted by Gasteiger charge is 2.56. The number of aryl methyl sites for hydroxylation is 1. The molecule has 2 heteroatoms. The summed E-state index contributed by atoms with van der Waals surface area (Å²) in [4.78, 5) is 0. The predicted octanol–water partition coefficient (Wildman–Crippen LogP) is 5.07. The lowest BCUT2D eigenvalue weighted by Crippen LogP contribution is -2.51. The zero-order chi connectivity index (χ0) is 14.4. The van der Waals surface area contributed by atoms with Crippen molar-refractivity contribution in [3.63, 3.8) is 0 Å². The van der Waals surface area contributed by atoms with Crippen LogP contribution in [0.3, 0.4) is 0 Å². The van der Waals surface area contributed by atoms with Crippen molar-refractivity contribution in [3.05, 3.63) is 35.4 Å². The Morgan fingerprint density at radius 1 is 1.14 bits per heavy atom. The molecule has 1 aromatic rings. The molecule has 3 atom stereocenters. The zero-order valence-corrected chi connectivity index (χ0v) is 14.6. The van der Waals surface area contributed by atoms with E-state index in [0.29, 0.717) is 5.41 Å². The molecule has 4 aliphatic carbocycles. The van der Waals surface area contributed by atoms with Crippen LogP contribution in [0.4, 0.5) is 0 Å². The average molecular weight is 320 g/mol. The van der Waals surface area contributed by atoms with Gasteiger partial charge in [0, 0.05) is 0 Å². The Balaban J connectivity index is 0.00000144. The predicted molar refractivity (Wildman–Crippen MR) is 95.4 cm³/mol. The molecule has 5 rings (SSSR count). The first-order chi connectivity index (χ1) is 10.2. The van der Waals surface area contributed by atoms with E-state index in [1.165, 1.54) is 50.5 Å². The smallest absolute Gasteiger partial charge is 0.00765 e. The van der Waals surface area contributed by atoms with E-state index in [2.05, 4.69) is 31.2 Å². The van der Waals surface area contributed by atoms with Gasteiger partial charge in [0.1, 0.15) is 0 Å². The maximum Gasteiger partial charge on any atom is -0.00765 e. The number of hydrogen-bond donors (Lipinski definition) is 1. The molecule has 4 saturated carbocycles. The van der Waals surface area contributed by atoms with Gasteiger partial charge in [0.25, 0.3) is 0 Å². The normalized spacial score (nSPS) is 38.8. The summed E-state index contributed by atoms with van der Waals surface area (Å²) in [5.74, 6) is 3.83. The molecule has 4 bridgehead atoms. The molecule has 0 saturated heterocycles. The van der Waals surface area contributed by atoms with Crippen molar-refractivity contribution in [2.24, 2.45) is 28.9 Å². The third kappa shape index (κ3) is 2.61. The largest absolute Gasteiger partial charge is 0.330 e. The van der Waals surface area contributed by atoms with E-state index in [1.807, 2.05) is 0 Å². The summed E-state index contributed by atoms with van der Waals surface area (Å²) in [6.45, 7) is 3.11. The van der Waals surface area contributed by atoms with Gasteiger partial charge in [-0.2, -0.15) is 0 Å². The van der Waals surface area contributed by atoms with E-state index < -0.39 is 0 Å². The van der Waals surface area contributed by atoms with Gasteiger partial charge in [-0.3, -0.25) is 0 Å². The molecule has 0 aliphatic heterocycles. The summed E-state index contributed by atoms with van der Waals surface area (Å²) in [6, 6.07) is 9.39. The van der Waals surface area contributed by atoms with Crippen LogP contribution in [-0.2, 0) is 0 Å². The van der Waals surface area contributed by atoms with Crippen molar-refractivity contribution in [1.29, 1.82) is 0 Å². The third-order valence-electron chi connectivity index (χ3n) is 6.74. The molecule has 0 aromatic heterocycles. The first-order valence-corrected chi connectivity index (χ1v) is 8.97. The van der Waals surface area contributed by atoms with Gasteiger partial charge in [-0.15, -0.1) is 12.4 Å². The van der Waals surface area contributed by atoms with Crippen molar-refractivity contribution in [3.8, 4) is 0 Å². The first-order valence-electron chi connectivity index (χ1n) is 8.97. The van der Waals surface area contributed by atoms with Gasteiger partial charge in [-0.05, 0) is 93.1 Å². The molecule has 4 fully saturated rings. The van der Waals surface area contributed by atoms with E-state index >= 15 is 0 Å². The standard InChI is InChI=1S/C20H29N.ClH/c1-14-4-2-5-17(8-14)19-18-10-15-9-16(11-18)13-20(19,12-15)6-3-7-21;/h2,4-5,8,15-16,18-19H,3,6-7,9-13,21H2,1H3;1H. The number of hydrogen-bond acceptors (Lipinski definition) is 1. The Morgan fingerprint density at radius 2 is 1.86 bits per heavy atom. The van der Waals surface area contributed by atoms with Crippen molar-refractivity contribution >= 4 is 12.4 Å². The third-order valence-corrected chi connectivity index (χ3v) is 6.74. The van der Waals surface area contributed by atoms with Crippen LogP contribution < -0.4 is 5.73 Å². The number of halogens is 1. The van der Waals surface area contributed by atoms with Gasteiger partial charge < -0.3 is 5.73 Å². The van der Waals surface area contributed by atoms with Crippen molar-refractivity contribution in [2.45, 2.75) is 57.8 Å². The fourth-order valence-corrected chi connectivity index (χ4v) is 6.51. The minimum atomic E-state index is 0. The second-order valence-corrected chi connectivity index (χ2v) is 8.25. The van der Waals surface area contributed by atoms with Crippen LogP contribution in [0.15, 0.2) is 24.3 Å². The molecule has 0 amide bonds. The van der Waals surface area contributed by atoms with Gasteiger partial charge in [-0.25, -0.2) is 0 Å².